The first kappa shape index (κ1) is 18.4. The molecule has 2 atom stereocenters. The third kappa shape index (κ3) is 4.83. The second-order valence-corrected chi connectivity index (χ2v) is 8.22. The van der Waals surface area contributed by atoms with Gasteiger partial charge in [-0.2, -0.15) is 0 Å². The molecule has 0 bridgehead atoms. The van der Waals surface area contributed by atoms with E-state index in [0.717, 1.165) is 45.3 Å². The lowest BCUT2D eigenvalue weighted by Gasteiger charge is -2.40. The quantitative estimate of drug-likeness (QED) is 0.911. The van der Waals surface area contributed by atoms with Gasteiger partial charge in [-0.3, -0.25) is 9.69 Å². The predicted molar refractivity (Wildman–Crippen MR) is 100 cm³/mol. The molecular formula is C21H32N2O2. The number of rotatable bonds is 4. The fourth-order valence-corrected chi connectivity index (χ4v) is 4.16. The molecule has 1 amide bonds. The molecule has 4 heteroatoms. The van der Waals surface area contributed by atoms with Gasteiger partial charge in [0.2, 0.25) is 5.91 Å². The molecule has 1 aromatic carbocycles. The van der Waals surface area contributed by atoms with Gasteiger partial charge in [-0.25, -0.2) is 0 Å². The molecule has 0 unspecified atom stereocenters. The Hall–Kier alpha value is -1.39. The standard InChI is InChI=1S/C21H32N2O2/c1-16-13-19(14-17(2)25-16)22-20(24)21(3)9-11-23(12-10-21)15-18-7-5-4-6-8-18/h4-8,16-17,19H,9-15H2,1-3H3,(H,22,24)/t16-,17-/m0/s1. The van der Waals surface area contributed by atoms with Gasteiger partial charge < -0.3 is 10.1 Å². The molecule has 1 aromatic rings. The van der Waals surface area contributed by atoms with Crippen molar-refractivity contribution in [1.82, 2.24) is 10.2 Å². The number of carbonyl (C=O) groups is 1. The van der Waals surface area contributed by atoms with E-state index in [4.69, 9.17) is 4.74 Å². The van der Waals surface area contributed by atoms with E-state index in [9.17, 15) is 4.79 Å². The highest BCUT2D eigenvalue weighted by Gasteiger charge is 2.38. The smallest absolute Gasteiger partial charge is 0.226 e. The number of carbonyl (C=O) groups excluding carboxylic acids is 1. The SMILES string of the molecule is C[C@H]1CC(NC(=O)C2(C)CCN(Cc3ccccc3)CC2)C[C@H](C)O1. The monoisotopic (exact) mass is 344 g/mol. The molecule has 0 spiro atoms. The van der Waals surface area contributed by atoms with Crippen LogP contribution in [0.2, 0.25) is 0 Å². The minimum atomic E-state index is -0.238. The summed E-state index contributed by atoms with van der Waals surface area (Å²) in [6.07, 6.45) is 4.17. The number of ether oxygens (including phenoxy) is 1. The van der Waals surface area contributed by atoms with Gasteiger partial charge >= 0.3 is 0 Å². The van der Waals surface area contributed by atoms with Gasteiger partial charge in [0.05, 0.1) is 12.2 Å². The number of amides is 1. The maximum atomic E-state index is 12.9. The van der Waals surface area contributed by atoms with Crippen LogP contribution in [0.5, 0.6) is 0 Å². The zero-order chi connectivity index (χ0) is 17.9. The topological polar surface area (TPSA) is 41.6 Å². The molecule has 2 aliphatic rings. The number of hydrogen-bond acceptors (Lipinski definition) is 3. The lowest BCUT2D eigenvalue weighted by molar-refractivity contribution is -0.135. The van der Waals surface area contributed by atoms with E-state index in [1.54, 1.807) is 0 Å². The highest BCUT2D eigenvalue weighted by molar-refractivity contribution is 5.82. The molecule has 2 heterocycles. The zero-order valence-electron chi connectivity index (χ0n) is 15.8. The van der Waals surface area contributed by atoms with E-state index < -0.39 is 0 Å². The Morgan fingerprint density at radius 1 is 1.16 bits per heavy atom. The summed E-state index contributed by atoms with van der Waals surface area (Å²) < 4.78 is 5.78. The molecule has 2 fully saturated rings. The van der Waals surface area contributed by atoms with Crippen molar-refractivity contribution in [2.24, 2.45) is 5.41 Å². The summed E-state index contributed by atoms with van der Waals surface area (Å²) in [4.78, 5) is 15.4. The van der Waals surface area contributed by atoms with Gasteiger partial charge in [0.25, 0.3) is 0 Å². The molecule has 0 saturated carbocycles. The van der Waals surface area contributed by atoms with Crippen LogP contribution in [0.4, 0.5) is 0 Å². The number of likely N-dealkylation sites (tertiary alicyclic amines) is 1. The van der Waals surface area contributed by atoms with Crippen molar-refractivity contribution in [2.75, 3.05) is 13.1 Å². The number of piperidine rings is 1. The van der Waals surface area contributed by atoms with Crippen molar-refractivity contribution in [2.45, 2.75) is 71.2 Å². The van der Waals surface area contributed by atoms with E-state index >= 15 is 0 Å². The lowest BCUT2D eigenvalue weighted by atomic mass is 9.79. The normalized spacial score (nSPS) is 30.0. The van der Waals surface area contributed by atoms with Crippen LogP contribution in [0.15, 0.2) is 30.3 Å². The molecule has 2 saturated heterocycles. The van der Waals surface area contributed by atoms with Crippen molar-refractivity contribution < 1.29 is 9.53 Å². The van der Waals surface area contributed by atoms with Crippen LogP contribution < -0.4 is 5.32 Å². The van der Waals surface area contributed by atoms with Gasteiger partial charge in [-0.05, 0) is 58.2 Å². The molecule has 0 radical (unpaired) electrons. The summed E-state index contributed by atoms with van der Waals surface area (Å²) in [6, 6.07) is 10.8. The van der Waals surface area contributed by atoms with Crippen molar-refractivity contribution in [3.8, 4) is 0 Å². The van der Waals surface area contributed by atoms with Crippen molar-refractivity contribution in [3.63, 3.8) is 0 Å². The summed E-state index contributed by atoms with van der Waals surface area (Å²) in [5.74, 6) is 0.234. The summed E-state index contributed by atoms with van der Waals surface area (Å²) >= 11 is 0. The molecule has 0 aromatic heterocycles. The van der Waals surface area contributed by atoms with Crippen LogP contribution >= 0.6 is 0 Å². The molecule has 3 rings (SSSR count). The Morgan fingerprint density at radius 2 is 1.76 bits per heavy atom. The van der Waals surface area contributed by atoms with E-state index in [-0.39, 0.29) is 29.6 Å². The Morgan fingerprint density at radius 3 is 2.36 bits per heavy atom. The van der Waals surface area contributed by atoms with Crippen LogP contribution in [0.25, 0.3) is 0 Å². The average molecular weight is 344 g/mol. The average Bonchev–Trinajstić information content (AvgIpc) is 2.57. The van der Waals surface area contributed by atoms with Crippen LogP contribution in [0.3, 0.4) is 0 Å². The second kappa shape index (κ2) is 7.88. The highest BCUT2D eigenvalue weighted by Crippen LogP contribution is 2.32. The Labute approximate surface area is 151 Å². The van der Waals surface area contributed by atoms with E-state index in [0.29, 0.717) is 0 Å². The molecule has 1 N–H and O–H groups in total. The minimum Gasteiger partial charge on any atom is -0.375 e. The van der Waals surface area contributed by atoms with Crippen LogP contribution in [-0.4, -0.2) is 42.1 Å². The van der Waals surface area contributed by atoms with Gasteiger partial charge in [0.1, 0.15) is 0 Å². The second-order valence-electron chi connectivity index (χ2n) is 8.22. The molecular weight excluding hydrogens is 312 g/mol. The van der Waals surface area contributed by atoms with Gasteiger partial charge in [0.15, 0.2) is 0 Å². The van der Waals surface area contributed by atoms with Crippen molar-refractivity contribution in [1.29, 1.82) is 0 Å². The number of benzene rings is 1. The first-order valence-corrected chi connectivity index (χ1v) is 9.67. The Kier molecular flexibility index (Phi) is 5.80. The van der Waals surface area contributed by atoms with Crippen LogP contribution in [-0.2, 0) is 16.1 Å². The van der Waals surface area contributed by atoms with Gasteiger partial charge in [-0.1, -0.05) is 37.3 Å². The fraction of sp³-hybridized carbons (Fsp3) is 0.667. The fourth-order valence-electron chi connectivity index (χ4n) is 4.16. The van der Waals surface area contributed by atoms with E-state index in [2.05, 4.69) is 61.3 Å². The largest absolute Gasteiger partial charge is 0.375 e. The van der Waals surface area contributed by atoms with Crippen molar-refractivity contribution >= 4 is 5.91 Å². The minimum absolute atomic E-state index is 0.231. The molecule has 0 aliphatic carbocycles. The molecule has 2 aliphatic heterocycles. The number of hydrogen-bond donors (Lipinski definition) is 1. The number of nitrogens with one attached hydrogen (secondary N) is 1. The molecule has 4 nitrogen and oxygen atoms in total. The van der Waals surface area contributed by atoms with Crippen LogP contribution in [0, 0.1) is 5.41 Å². The first-order chi connectivity index (χ1) is 11.9. The summed E-state index contributed by atoms with van der Waals surface area (Å²) in [7, 11) is 0. The summed E-state index contributed by atoms with van der Waals surface area (Å²) in [6.45, 7) is 9.28. The first-order valence-electron chi connectivity index (χ1n) is 9.67. The number of nitrogens with zero attached hydrogens (tertiary/aromatic N) is 1. The summed E-state index contributed by atoms with van der Waals surface area (Å²) in [5.41, 5.74) is 1.11. The van der Waals surface area contributed by atoms with Gasteiger partial charge in [-0.15, -0.1) is 0 Å². The van der Waals surface area contributed by atoms with Crippen molar-refractivity contribution in [3.05, 3.63) is 35.9 Å². The van der Waals surface area contributed by atoms with Gasteiger partial charge in [0, 0.05) is 18.0 Å². The summed E-state index contributed by atoms with van der Waals surface area (Å²) in [5, 5.41) is 3.32. The maximum absolute atomic E-state index is 12.9. The maximum Gasteiger partial charge on any atom is 0.226 e. The molecule has 138 valence electrons. The third-order valence-corrected chi connectivity index (χ3v) is 5.79. The predicted octanol–water partition coefficient (Wildman–Crippen LogP) is 3.36. The van der Waals surface area contributed by atoms with E-state index in [1.165, 1.54) is 5.56 Å². The van der Waals surface area contributed by atoms with Crippen LogP contribution in [0.1, 0.15) is 52.0 Å². The zero-order valence-corrected chi connectivity index (χ0v) is 15.8. The van der Waals surface area contributed by atoms with E-state index in [1.807, 2.05) is 0 Å². The third-order valence-electron chi connectivity index (χ3n) is 5.79. The Bertz CT molecular complexity index is 557. The highest BCUT2D eigenvalue weighted by atomic mass is 16.5. The lowest BCUT2D eigenvalue weighted by Crippen LogP contribution is -2.52. The Balaban J connectivity index is 1.50. The molecule has 25 heavy (non-hydrogen) atoms.